The summed E-state index contributed by atoms with van der Waals surface area (Å²) in [5.74, 6) is 0.446. The Bertz CT molecular complexity index is 534. The molecule has 0 spiro atoms. The summed E-state index contributed by atoms with van der Waals surface area (Å²) in [6, 6.07) is 13.2. The molecular weight excluding hydrogens is 249 g/mol. The van der Waals surface area contributed by atoms with Gasteiger partial charge in [-0.15, -0.1) is 0 Å². The fraction of sp³-hybridized carbons (Fsp3) is 0.250. The average Bonchev–Trinajstić information content (AvgIpc) is 2.38. The standard InChI is InChI=1S/C16H15F3/c1-11(2)12-3-5-13(6-4-12)14-7-9-15(10-8-14)16(17,18)19/h3-11H,1-2H3. The molecule has 2 aromatic carbocycles. The summed E-state index contributed by atoms with van der Waals surface area (Å²) in [7, 11) is 0. The zero-order chi connectivity index (χ0) is 14.0. The van der Waals surface area contributed by atoms with Crippen LogP contribution < -0.4 is 0 Å². The monoisotopic (exact) mass is 264 g/mol. The first-order chi connectivity index (χ1) is 8.88. The largest absolute Gasteiger partial charge is 0.416 e. The molecule has 0 atom stereocenters. The Morgan fingerprint density at radius 1 is 0.737 bits per heavy atom. The third-order valence-corrected chi connectivity index (χ3v) is 3.12. The lowest BCUT2D eigenvalue weighted by molar-refractivity contribution is -0.137. The summed E-state index contributed by atoms with van der Waals surface area (Å²) < 4.78 is 37.4. The second-order valence-corrected chi connectivity index (χ2v) is 4.85. The van der Waals surface area contributed by atoms with Gasteiger partial charge in [0.15, 0.2) is 0 Å². The van der Waals surface area contributed by atoms with Crippen molar-refractivity contribution >= 4 is 0 Å². The normalized spacial score (nSPS) is 11.9. The van der Waals surface area contributed by atoms with Crippen molar-refractivity contribution < 1.29 is 13.2 Å². The third kappa shape index (κ3) is 3.16. The van der Waals surface area contributed by atoms with Crippen LogP contribution in [-0.4, -0.2) is 0 Å². The van der Waals surface area contributed by atoms with Crippen molar-refractivity contribution in [3.8, 4) is 11.1 Å². The number of hydrogen-bond acceptors (Lipinski definition) is 0. The van der Waals surface area contributed by atoms with Crippen molar-refractivity contribution in [1.82, 2.24) is 0 Å². The maximum atomic E-state index is 12.5. The van der Waals surface area contributed by atoms with Crippen LogP contribution in [0.15, 0.2) is 48.5 Å². The molecule has 0 aromatic heterocycles. The first-order valence-electron chi connectivity index (χ1n) is 6.15. The zero-order valence-corrected chi connectivity index (χ0v) is 10.8. The van der Waals surface area contributed by atoms with E-state index in [1.165, 1.54) is 17.7 Å². The second kappa shape index (κ2) is 5.08. The van der Waals surface area contributed by atoms with Gasteiger partial charge in [-0.1, -0.05) is 50.2 Å². The molecule has 100 valence electrons. The van der Waals surface area contributed by atoms with Crippen LogP contribution in [0.2, 0.25) is 0 Å². The van der Waals surface area contributed by atoms with Gasteiger partial charge in [-0.3, -0.25) is 0 Å². The van der Waals surface area contributed by atoms with E-state index in [4.69, 9.17) is 0 Å². The molecule has 0 radical (unpaired) electrons. The van der Waals surface area contributed by atoms with Gasteiger partial charge in [0, 0.05) is 0 Å². The fourth-order valence-corrected chi connectivity index (χ4v) is 1.91. The minimum absolute atomic E-state index is 0.446. The van der Waals surface area contributed by atoms with Crippen molar-refractivity contribution in [2.75, 3.05) is 0 Å². The van der Waals surface area contributed by atoms with Crippen molar-refractivity contribution in [3.05, 3.63) is 59.7 Å². The van der Waals surface area contributed by atoms with Gasteiger partial charge in [-0.25, -0.2) is 0 Å². The summed E-state index contributed by atoms with van der Waals surface area (Å²) in [6.45, 7) is 4.21. The Hall–Kier alpha value is -1.77. The Kier molecular flexibility index (Phi) is 3.65. The molecule has 0 aliphatic carbocycles. The van der Waals surface area contributed by atoms with E-state index in [0.29, 0.717) is 5.92 Å². The molecule has 0 saturated carbocycles. The molecule has 0 fully saturated rings. The van der Waals surface area contributed by atoms with E-state index in [1.54, 1.807) is 0 Å². The van der Waals surface area contributed by atoms with Gasteiger partial charge < -0.3 is 0 Å². The first-order valence-corrected chi connectivity index (χ1v) is 6.15. The molecule has 0 saturated heterocycles. The lowest BCUT2D eigenvalue weighted by Gasteiger charge is -2.09. The van der Waals surface area contributed by atoms with Crippen LogP contribution in [0, 0.1) is 0 Å². The predicted octanol–water partition coefficient (Wildman–Crippen LogP) is 5.50. The van der Waals surface area contributed by atoms with E-state index in [-0.39, 0.29) is 0 Å². The number of rotatable bonds is 2. The molecule has 0 heterocycles. The van der Waals surface area contributed by atoms with Crippen molar-refractivity contribution in [1.29, 1.82) is 0 Å². The van der Waals surface area contributed by atoms with Crippen molar-refractivity contribution in [2.45, 2.75) is 25.9 Å². The minimum atomic E-state index is -4.28. The van der Waals surface area contributed by atoms with Gasteiger partial charge in [0.2, 0.25) is 0 Å². The molecule has 0 bridgehead atoms. The molecule has 2 rings (SSSR count). The van der Waals surface area contributed by atoms with Crippen LogP contribution in [-0.2, 0) is 6.18 Å². The average molecular weight is 264 g/mol. The minimum Gasteiger partial charge on any atom is -0.166 e. The van der Waals surface area contributed by atoms with Crippen molar-refractivity contribution in [3.63, 3.8) is 0 Å². The Morgan fingerprint density at radius 2 is 1.16 bits per heavy atom. The summed E-state index contributed by atoms with van der Waals surface area (Å²) >= 11 is 0. The quantitative estimate of drug-likeness (QED) is 0.672. The molecule has 2 aromatic rings. The number of halogens is 3. The van der Waals surface area contributed by atoms with Gasteiger partial charge in [-0.05, 0) is 34.7 Å². The second-order valence-electron chi connectivity index (χ2n) is 4.85. The van der Waals surface area contributed by atoms with Gasteiger partial charge >= 0.3 is 6.18 Å². The highest BCUT2D eigenvalue weighted by Crippen LogP contribution is 2.31. The Labute approximate surface area is 110 Å². The van der Waals surface area contributed by atoms with E-state index >= 15 is 0 Å². The fourth-order valence-electron chi connectivity index (χ4n) is 1.91. The van der Waals surface area contributed by atoms with Gasteiger partial charge in [0.25, 0.3) is 0 Å². The van der Waals surface area contributed by atoms with E-state index in [1.807, 2.05) is 24.3 Å². The molecule has 0 amide bonds. The molecule has 3 heteroatoms. The highest BCUT2D eigenvalue weighted by Gasteiger charge is 2.29. The molecule has 0 N–H and O–H groups in total. The maximum absolute atomic E-state index is 12.5. The molecule has 19 heavy (non-hydrogen) atoms. The van der Waals surface area contributed by atoms with E-state index in [0.717, 1.165) is 23.3 Å². The highest BCUT2D eigenvalue weighted by molar-refractivity contribution is 5.64. The lowest BCUT2D eigenvalue weighted by atomic mass is 9.98. The molecule has 0 unspecified atom stereocenters. The van der Waals surface area contributed by atoms with Crippen LogP contribution in [0.5, 0.6) is 0 Å². The van der Waals surface area contributed by atoms with E-state index in [2.05, 4.69) is 13.8 Å². The first kappa shape index (κ1) is 13.7. The molecule has 0 nitrogen and oxygen atoms in total. The Balaban J connectivity index is 2.27. The van der Waals surface area contributed by atoms with Crippen LogP contribution >= 0.6 is 0 Å². The Morgan fingerprint density at radius 3 is 1.53 bits per heavy atom. The summed E-state index contributed by atoms with van der Waals surface area (Å²) in [5.41, 5.74) is 2.33. The number of hydrogen-bond donors (Lipinski definition) is 0. The van der Waals surface area contributed by atoms with Gasteiger partial charge in [-0.2, -0.15) is 13.2 Å². The number of benzene rings is 2. The summed E-state index contributed by atoms with van der Waals surface area (Å²) in [6.07, 6.45) is -4.28. The predicted molar refractivity (Wildman–Crippen MR) is 71.0 cm³/mol. The van der Waals surface area contributed by atoms with E-state index < -0.39 is 11.7 Å². The number of alkyl halides is 3. The van der Waals surface area contributed by atoms with Crippen LogP contribution in [0.25, 0.3) is 11.1 Å². The van der Waals surface area contributed by atoms with Crippen LogP contribution in [0.1, 0.15) is 30.9 Å². The van der Waals surface area contributed by atoms with Gasteiger partial charge in [0.05, 0.1) is 5.56 Å². The van der Waals surface area contributed by atoms with Crippen molar-refractivity contribution in [2.24, 2.45) is 0 Å². The lowest BCUT2D eigenvalue weighted by Crippen LogP contribution is -2.03. The SMILES string of the molecule is CC(C)c1ccc(-c2ccc(C(F)(F)F)cc2)cc1. The van der Waals surface area contributed by atoms with E-state index in [9.17, 15) is 13.2 Å². The topological polar surface area (TPSA) is 0 Å². The zero-order valence-electron chi connectivity index (χ0n) is 10.8. The smallest absolute Gasteiger partial charge is 0.166 e. The van der Waals surface area contributed by atoms with Crippen LogP contribution in [0.4, 0.5) is 13.2 Å². The van der Waals surface area contributed by atoms with Gasteiger partial charge in [0.1, 0.15) is 0 Å². The third-order valence-electron chi connectivity index (χ3n) is 3.12. The molecule has 0 aliphatic rings. The maximum Gasteiger partial charge on any atom is 0.416 e. The summed E-state index contributed by atoms with van der Waals surface area (Å²) in [5, 5.41) is 0. The molecule has 0 aliphatic heterocycles. The van der Waals surface area contributed by atoms with Crippen LogP contribution in [0.3, 0.4) is 0 Å². The highest BCUT2D eigenvalue weighted by atomic mass is 19.4. The summed E-state index contributed by atoms with van der Waals surface area (Å²) in [4.78, 5) is 0. The molecular formula is C16H15F3.